The fourth-order valence-electron chi connectivity index (χ4n) is 2.29. The van der Waals surface area contributed by atoms with Crippen molar-refractivity contribution in [1.29, 1.82) is 0 Å². The molecule has 2 amide bonds. The highest BCUT2D eigenvalue weighted by Crippen LogP contribution is 2.30. The van der Waals surface area contributed by atoms with Gasteiger partial charge in [0, 0.05) is 11.4 Å². The van der Waals surface area contributed by atoms with Gasteiger partial charge in [-0.1, -0.05) is 12.1 Å². The Kier molecular flexibility index (Phi) is 6.51. The summed E-state index contributed by atoms with van der Waals surface area (Å²) in [4.78, 5) is 25.2. The Morgan fingerprint density at radius 1 is 0.926 bits per heavy atom. The number of carbonyl (C=O) groups excluding carboxylic acids is 2. The van der Waals surface area contributed by atoms with Crippen LogP contribution in [0.2, 0.25) is 0 Å². The maximum absolute atomic E-state index is 13.1. The minimum atomic E-state index is -4.51. The number of alkyl halides is 3. The first-order valence-electron chi connectivity index (χ1n) is 7.84. The van der Waals surface area contributed by atoms with Crippen molar-refractivity contribution in [3.05, 3.63) is 59.9 Å². The van der Waals surface area contributed by atoms with Gasteiger partial charge in [0.1, 0.15) is 5.82 Å². The van der Waals surface area contributed by atoms with E-state index in [1.807, 2.05) is 0 Å². The van der Waals surface area contributed by atoms with Crippen LogP contribution >= 0.6 is 0 Å². The lowest BCUT2D eigenvalue weighted by Gasteiger charge is -2.16. The van der Waals surface area contributed by atoms with Gasteiger partial charge in [0.2, 0.25) is 11.8 Å². The summed E-state index contributed by atoms with van der Waals surface area (Å²) < 4.78 is 51.1. The molecule has 0 aromatic heterocycles. The first-order chi connectivity index (χ1) is 12.6. The highest BCUT2D eigenvalue weighted by molar-refractivity contribution is 5.94. The average molecular weight is 383 g/mol. The van der Waals surface area contributed by atoms with Crippen molar-refractivity contribution >= 4 is 23.2 Å². The van der Waals surface area contributed by atoms with Gasteiger partial charge < -0.3 is 10.6 Å². The number of hydrogen-bond acceptors (Lipinski definition) is 3. The molecule has 144 valence electrons. The highest BCUT2D eigenvalue weighted by atomic mass is 19.4. The van der Waals surface area contributed by atoms with Crippen LogP contribution in [0.25, 0.3) is 0 Å². The molecule has 27 heavy (non-hydrogen) atoms. The molecule has 0 saturated carbocycles. The molecule has 5 nitrogen and oxygen atoms in total. The van der Waals surface area contributed by atoms with Crippen molar-refractivity contribution in [3.63, 3.8) is 0 Å². The average Bonchev–Trinajstić information content (AvgIpc) is 2.53. The number of rotatable bonds is 6. The fraction of sp³-hybridized carbons (Fsp3) is 0.222. The Morgan fingerprint density at radius 2 is 1.44 bits per heavy atom. The molecule has 9 heteroatoms. The van der Waals surface area contributed by atoms with Crippen LogP contribution in [0.4, 0.5) is 28.9 Å². The number of halogens is 4. The monoisotopic (exact) mass is 383 g/mol. The Balaban J connectivity index is 1.85. The number of carbonyl (C=O) groups is 2. The van der Waals surface area contributed by atoms with E-state index >= 15 is 0 Å². The number of hydrogen-bond donors (Lipinski definition) is 2. The molecule has 0 spiro atoms. The Bertz CT molecular complexity index is 824. The van der Waals surface area contributed by atoms with Gasteiger partial charge in [0.15, 0.2) is 0 Å². The lowest BCUT2D eigenvalue weighted by Crippen LogP contribution is -2.36. The van der Waals surface area contributed by atoms with Gasteiger partial charge in [0.25, 0.3) is 0 Å². The molecular formula is C18H17F4N3O2. The van der Waals surface area contributed by atoms with Gasteiger partial charge in [-0.2, -0.15) is 13.2 Å². The minimum absolute atomic E-state index is 0.00689. The van der Waals surface area contributed by atoms with E-state index in [2.05, 4.69) is 10.6 Å². The second kappa shape index (κ2) is 8.63. The van der Waals surface area contributed by atoms with E-state index in [-0.39, 0.29) is 24.5 Å². The molecule has 0 atom stereocenters. The van der Waals surface area contributed by atoms with Crippen molar-refractivity contribution < 1.29 is 27.2 Å². The van der Waals surface area contributed by atoms with Gasteiger partial charge in [0.05, 0.1) is 18.7 Å². The second-order valence-electron chi connectivity index (χ2n) is 5.86. The van der Waals surface area contributed by atoms with E-state index in [4.69, 9.17) is 0 Å². The third-order valence-electron chi connectivity index (χ3n) is 3.41. The number of anilines is 2. The zero-order valence-corrected chi connectivity index (χ0v) is 14.3. The number of amides is 2. The maximum Gasteiger partial charge on any atom is 0.416 e. The predicted octanol–water partition coefficient (Wildman–Crippen LogP) is 3.35. The fourth-order valence-corrected chi connectivity index (χ4v) is 2.29. The van der Waals surface area contributed by atoms with Crippen LogP contribution in [0.3, 0.4) is 0 Å². The smallest absolute Gasteiger partial charge is 0.325 e. The Labute approximate surface area is 153 Å². The Morgan fingerprint density at radius 3 is 1.96 bits per heavy atom. The molecule has 0 aliphatic carbocycles. The van der Waals surface area contributed by atoms with E-state index in [0.717, 1.165) is 18.2 Å². The van der Waals surface area contributed by atoms with E-state index in [0.29, 0.717) is 0 Å². The largest absolute Gasteiger partial charge is 0.416 e. The molecule has 0 aliphatic rings. The third kappa shape index (κ3) is 6.70. The summed E-state index contributed by atoms with van der Waals surface area (Å²) in [5.74, 6) is -1.54. The van der Waals surface area contributed by atoms with Crippen LogP contribution in [0.1, 0.15) is 5.56 Å². The molecule has 2 aromatic rings. The molecular weight excluding hydrogens is 366 g/mol. The molecule has 2 N–H and O–H groups in total. The number of nitrogens with one attached hydrogen (secondary N) is 2. The normalized spacial score (nSPS) is 11.3. The molecule has 0 aliphatic heterocycles. The summed E-state index contributed by atoms with van der Waals surface area (Å²) >= 11 is 0. The lowest BCUT2D eigenvalue weighted by atomic mass is 10.2. The van der Waals surface area contributed by atoms with Crippen LogP contribution < -0.4 is 10.6 Å². The summed E-state index contributed by atoms with van der Waals surface area (Å²) in [5.41, 5.74) is -0.586. The van der Waals surface area contributed by atoms with Crippen molar-refractivity contribution in [1.82, 2.24) is 4.90 Å². The predicted molar refractivity (Wildman–Crippen MR) is 92.6 cm³/mol. The second-order valence-corrected chi connectivity index (χ2v) is 5.86. The van der Waals surface area contributed by atoms with E-state index in [1.54, 1.807) is 0 Å². The summed E-state index contributed by atoms with van der Waals surface area (Å²) in [7, 11) is 1.50. The maximum atomic E-state index is 13.1. The first-order valence-corrected chi connectivity index (χ1v) is 7.84. The van der Waals surface area contributed by atoms with Crippen LogP contribution in [-0.2, 0) is 15.8 Å². The molecule has 0 heterocycles. The quantitative estimate of drug-likeness (QED) is 0.752. The van der Waals surface area contributed by atoms with E-state index in [9.17, 15) is 27.2 Å². The molecule has 0 fully saturated rings. The summed E-state index contributed by atoms with van der Waals surface area (Å²) in [5, 5.41) is 4.84. The zero-order valence-electron chi connectivity index (χ0n) is 14.3. The zero-order chi connectivity index (χ0) is 20.0. The van der Waals surface area contributed by atoms with Crippen molar-refractivity contribution in [3.8, 4) is 0 Å². The van der Waals surface area contributed by atoms with Crippen molar-refractivity contribution in [2.45, 2.75) is 6.18 Å². The molecule has 0 unspecified atom stereocenters. The van der Waals surface area contributed by atoms with E-state index < -0.39 is 29.4 Å². The molecule has 2 rings (SSSR count). The van der Waals surface area contributed by atoms with Crippen molar-refractivity contribution in [2.75, 3.05) is 30.8 Å². The molecule has 2 aromatic carbocycles. The highest BCUT2D eigenvalue weighted by Gasteiger charge is 2.30. The van der Waals surface area contributed by atoms with Crippen molar-refractivity contribution in [2.24, 2.45) is 0 Å². The van der Waals surface area contributed by atoms with Gasteiger partial charge >= 0.3 is 6.18 Å². The van der Waals surface area contributed by atoms with Gasteiger partial charge in [-0.05, 0) is 43.4 Å². The van der Waals surface area contributed by atoms with Crippen LogP contribution in [0.15, 0.2) is 48.5 Å². The van der Waals surface area contributed by atoms with Gasteiger partial charge in [-0.15, -0.1) is 0 Å². The molecule has 0 saturated heterocycles. The lowest BCUT2D eigenvalue weighted by molar-refractivity contribution is -0.137. The molecule has 0 bridgehead atoms. The van der Waals surface area contributed by atoms with Gasteiger partial charge in [-0.3, -0.25) is 14.5 Å². The number of nitrogens with zero attached hydrogens (tertiary/aromatic N) is 1. The number of likely N-dealkylation sites (N-methyl/N-ethyl adjacent to an activating group) is 1. The standard InChI is InChI=1S/C18H17F4N3O2/c1-25(11-17(27)24-15-7-3-5-13(19)9-15)10-16(26)23-14-6-2-4-12(8-14)18(20,21)22/h2-9H,10-11H2,1H3,(H,23,26)(H,24,27). The summed E-state index contributed by atoms with van der Waals surface area (Å²) in [6.07, 6.45) is -4.51. The van der Waals surface area contributed by atoms with E-state index in [1.165, 1.54) is 42.3 Å². The van der Waals surface area contributed by atoms with Crippen LogP contribution in [-0.4, -0.2) is 36.9 Å². The third-order valence-corrected chi connectivity index (χ3v) is 3.41. The number of benzene rings is 2. The molecule has 0 radical (unpaired) electrons. The summed E-state index contributed by atoms with van der Waals surface area (Å²) in [6, 6.07) is 9.60. The van der Waals surface area contributed by atoms with Gasteiger partial charge in [-0.25, -0.2) is 4.39 Å². The minimum Gasteiger partial charge on any atom is -0.325 e. The topological polar surface area (TPSA) is 61.4 Å². The SMILES string of the molecule is CN(CC(=O)Nc1cccc(F)c1)CC(=O)Nc1cccc(C(F)(F)F)c1. The summed E-state index contributed by atoms with van der Waals surface area (Å²) in [6.45, 7) is -0.376. The Hall–Kier alpha value is -2.94. The van der Waals surface area contributed by atoms with Crippen LogP contribution in [0.5, 0.6) is 0 Å². The van der Waals surface area contributed by atoms with Crippen LogP contribution in [0, 0.1) is 5.82 Å². The first kappa shape index (κ1) is 20.4.